The van der Waals surface area contributed by atoms with Crippen LogP contribution in [-0.2, 0) is 13.1 Å². The Morgan fingerprint density at radius 1 is 1.24 bits per heavy atom. The molecule has 2 rings (SSSR count). The first-order chi connectivity index (χ1) is 8.16. The fourth-order valence-corrected chi connectivity index (χ4v) is 1.88. The Morgan fingerprint density at radius 2 is 1.88 bits per heavy atom. The molecule has 1 fully saturated rings. The van der Waals surface area contributed by atoms with Crippen molar-refractivity contribution in [3.8, 4) is 0 Å². The van der Waals surface area contributed by atoms with Gasteiger partial charge >= 0.3 is 0 Å². The average Bonchev–Trinajstić information content (AvgIpc) is 3.11. The van der Waals surface area contributed by atoms with Gasteiger partial charge in [-0.2, -0.15) is 0 Å². The van der Waals surface area contributed by atoms with Crippen molar-refractivity contribution in [2.75, 3.05) is 7.05 Å². The topological polar surface area (TPSA) is 15.3 Å². The van der Waals surface area contributed by atoms with Crippen LogP contribution in [0.5, 0.6) is 0 Å². The van der Waals surface area contributed by atoms with Gasteiger partial charge in [0, 0.05) is 25.2 Å². The molecule has 1 aliphatic carbocycles. The minimum Gasteiger partial charge on any atom is -0.310 e. The highest BCUT2D eigenvalue weighted by Gasteiger charge is 2.20. The number of hydrogen-bond acceptors (Lipinski definition) is 2. The first-order valence-electron chi connectivity index (χ1n) is 6.67. The SMILES string of the molecule is CC(C)N(C)Cc1ccccc1CNC1CC1. The lowest BCUT2D eigenvalue weighted by atomic mass is 10.1. The van der Waals surface area contributed by atoms with Gasteiger partial charge in [0.15, 0.2) is 0 Å². The van der Waals surface area contributed by atoms with E-state index in [0.717, 1.165) is 19.1 Å². The van der Waals surface area contributed by atoms with Gasteiger partial charge in [-0.05, 0) is 44.9 Å². The lowest BCUT2D eigenvalue weighted by molar-refractivity contribution is 0.265. The monoisotopic (exact) mass is 232 g/mol. The predicted molar refractivity (Wildman–Crippen MR) is 72.9 cm³/mol. The Morgan fingerprint density at radius 3 is 2.47 bits per heavy atom. The van der Waals surface area contributed by atoms with Crippen molar-refractivity contribution < 1.29 is 0 Å². The van der Waals surface area contributed by atoms with Gasteiger partial charge in [0.05, 0.1) is 0 Å². The molecule has 0 amide bonds. The maximum Gasteiger partial charge on any atom is 0.0236 e. The maximum atomic E-state index is 3.60. The lowest BCUT2D eigenvalue weighted by Crippen LogP contribution is -2.26. The number of nitrogens with zero attached hydrogens (tertiary/aromatic N) is 1. The molecule has 1 N–H and O–H groups in total. The molecule has 0 heterocycles. The van der Waals surface area contributed by atoms with Crippen LogP contribution in [0, 0.1) is 0 Å². The molecule has 0 aromatic heterocycles. The molecule has 94 valence electrons. The zero-order valence-corrected chi connectivity index (χ0v) is 11.2. The molecule has 1 saturated carbocycles. The third kappa shape index (κ3) is 3.83. The summed E-state index contributed by atoms with van der Waals surface area (Å²) in [7, 11) is 2.19. The zero-order valence-electron chi connectivity index (χ0n) is 11.2. The highest BCUT2D eigenvalue weighted by molar-refractivity contribution is 5.27. The van der Waals surface area contributed by atoms with E-state index in [1.165, 1.54) is 24.0 Å². The van der Waals surface area contributed by atoms with E-state index in [1.54, 1.807) is 0 Å². The normalized spacial score (nSPS) is 15.8. The fourth-order valence-electron chi connectivity index (χ4n) is 1.88. The maximum absolute atomic E-state index is 3.60. The van der Waals surface area contributed by atoms with E-state index in [0.29, 0.717) is 6.04 Å². The van der Waals surface area contributed by atoms with Crippen molar-refractivity contribution in [1.82, 2.24) is 10.2 Å². The van der Waals surface area contributed by atoms with Gasteiger partial charge in [-0.3, -0.25) is 4.90 Å². The van der Waals surface area contributed by atoms with Crippen LogP contribution in [0.2, 0.25) is 0 Å². The van der Waals surface area contributed by atoms with Crippen molar-refractivity contribution in [2.45, 2.75) is 51.9 Å². The van der Waals surface area contributed by atoms with Crippen molar-refractivity contribution in [3.63, 3.8) is 0 Å². The highest BCUT2D eigenvalue weighted by atomic mass is 15.1. The number of hydrogen-bond donors (Lipinski definition) is 1. The Hall–Kier alpha value is -0.860. The Kier molecular flexibility index (Phi) is 4.19. The van der Waals surface area contributed by atoms with Crippen LogP contribution in [0.4, 0.5) is 0 Å². The molecule has 17 heavy (non-hydrogen) atoms. The summed E-state index contributed by atoms with van der Waals surface area (Å²) in [4.78, 5) is 2.38. The molecule has 0 radical (unpaired) electrons. The van der Waals surface area contributed by atoms with Gasteiger partial charge in [0.2, 0.25) is 0 Å². The fraction of sp³-hybridized carbons (Fsp3) is 0.600. The molecule has 0 unspecified atom stereocenters. The molecule has 0 aliphatic heterocycles. The van der Waals surface area contributed by atoms with Crippen LogP contribution in [0.1, 0.15) is 37.8 Å². The second-order valence-electron chi connectivity index (χ2n) is 5.43. The van der Waals surface area contributed by atoms with Gasteiger partial charge in [-0.25, -0.2) is 0 Å². The summed E-state index contributed by atoms with van der Waals surface area (Å²) in [5.41, 5.74) is 2.91. The summed E-state index contributed by atoms with van der Waals surface area (Å²) in [5.74, 6) is 0. The minimum atomic E-state index is 0.597. The molecule has 2 heteroatoms. The second kappa shape index (κ2) is 5.65. The van der Waals surface area contributed by atoms with Gasteiger partial charge in [0.25, 0.3) is 0 Å². The van der Waals surface area contributed by atoms with Crippen LogP contribution in [0.15, 0.2) is 24.3 Å². The standard InChI is InChI=1S/C15H24N2/c1-12(2)17(3)11-14-7-5-4-6-13(14)10-16-15-8-9-15/h4-7,12,15-16H,8-11H2,1-3H3. The molecule has 1 aliphatic rings. The average molecular weight is 232 g/mol. The summed E-state index contributed by atoms with van der Waals surface area (Å²) >= 11 is 0. The summed E-state index contributed by atoms with van der Waals surface area (Å²) in [5, 5.41) is 3.60. The predicted octanol–water partition coefficient (Wildman–Crippen LogP) is 2.78. The molecule has 1 aromatic rings. The van der Waals surface area contributed by atoms with Crippen LogP contribution in [0.25, 0.3) is 0 Å². The van der Waals surface area contributed by atoms with E-state index >= 15 is 0 Å². The smallest absolute Gasteiger partial charge is 0.0236 e. The lowest BCUT2D eigenvalue weighted by Gasteiger charge is -2.22. The third-order valence-electron chi connectivity index (χ3n) is 3.58. The van der Waals surface area contributed by atoms with Gasteiger partial charge in [0.1, 0.15) is 0 Å². The summed E-state index contributed by atoms with van der Waals surface area (Å²) in [6.07, 6.45) is 2.71. The molecule has 0 bridgehead atoms. The highest BCUT2D eigenvalue weighted by Crippen LogP contribution is 2.20. The number of nitrogens with one attached hydrogen (secondary N) is 1. The molecular weight excluding hydrogens is 208 g/mol. The number of rotatable bonds is 6. The van der Waals surface area contributed by atoms with E-state index in [2.05, 4.69) is 55.4 Å². The van der Waals surface area contributed by atoms with E-state index in [4.69, 9.17) is 0 Å². The van der Waals surface area contributed by atoms with Crippen LogP contribution in [-0.4, -0.2) is 24.0 Å². The van der Waals surface area contributed by atoms with E-state index in [-0.39, 0.29) is 0 Å². The van der Waals surface area contributed by atoms with Gasteiger partial charge in [-0.1, -0.05) is 24.3 Å². The summed E-state index contributed by atoms with van der Waals surface area (Å²) < 4.78 is 0. The first-order valence-corrected chi connectivity index (χ1v) is 6.67. The Labute approximate surface area is 105 Å². The quantitative estimate of drug-likeness (QED) is 0.811. The molecular formula is C15H24N2. The van der Waals surface area contributed by atoms with Crippen molar-refractivity contribution >= 4 is 0 Å². The van der Waals surface area contributed by atoms with Crippen LogP contribution >= 0.6 is 0 Å². The van der Waals surface area contributed by atoms with Crippen molar-refractivity contribution in [3.05, 3.63) is 35.4 Å². The second-order valence-corrected chi connectivity index (χ2v) is 5.43. The van der Waals surface area contributed by atoms with E-state index < -0.39 is 0 Å². The molecule has 0 atom stereocenters. The van der Waals surface area contributed by atoms with Gasteiger partial charge < -0.3 is 5.32 Å². The van der Waals surface area contributed by atoms with Crippen LogP contribution in [0.3, 0.4) is 0 Å². The third-order valence-corrected chi connectivity index (χ3v) is 3.58. The zero-order chi connectivity index (χ0) is 12.3. The Bertz CT molecular complexity index is 356. The Balaban J connectivity index is 1.98. The molecule has 2 nitrogen and oxygen atoms in total. The first kappa shape index (κ1) is 12.6. The van der Waals surface area contributed by atoms with Crippen molar-refractivity contribution in [2.24, 2.45) is 0 Å². The van der Waals surface area contributed by atoms with Crippen molar-refractivity contribution in [1.29, 1.82) is 0 Å². The minimum absolute atomic E-state index is 0.597. The summed E-state index contributed by atoms with van der Waals surface area (Å²) in [6, 6.07) is 10.2. The van der Waals surface area contributed by atoms with E-state index in [1.807, 2.05) is 0 Å². The molecule has 1 aromatic carbocycles. The molecule has 0 spiro atoms. The largest absolute Gasteiger partial charge is 0.310 e. The van der Waals surface area contributed by atoms with Crippen LogP contribution < -0.4 is 5.32 Å². The summed E-state index contributed by atoms with van der Waals surface area (Å²) in [6.45, 7) is 6.54. The van der Waals surface area contributed by atoms with E-state index in [9.17, 15) is 0 Å². The van der Waals surface area contributed by atoms with Gasteiger partial charge in [-0.15, -0.1) is 0 Å². The number of benzene rings is 1. The molecule has 0 saturated heterocycles.